The molecule has 0 aromatic heterocycles. The Morgan fingerprint density at radius 3 is 2.10 bits per heavy atom. The normalized spacial score (nSPS) is 33.6. The van der Waals surface area contributed by atoms with Crippen molar-refractivity contribution in [3.05, 3.63) is 54.1 Å². The van der Waals surface area contributed by atoms with E-state index in [9.17, 15) is 19.5 Å². The van der Waals surface area contributed by atoms with E-state index in [1.807, 2.05) is 20.1 Å². The summed E-state index contributed by atoms with van der Waals surface area (Å²) in [4.78, 5) is 42.7. The molecule has 492 valence electrons. The van der Waals surface area contributed by atoms with Crippen LogP contribution in [0.4, 0.5) is 15.3 Å². The number of carbonyl (C=O) groups excluding carboxylic acids is 3. The largest absolute Gasteiger partial charge is 0.448 e. The van der Waals surface area contributed by atoms with Crippen molar-refractivity contribution in [2.24, 2.45) is 17.6 Å². The Kier molecular flexibility index (Phi) is 27.8. The first-order valence-corrected chi connectivity index (χ1v) is 34.2. The molecule has 87 heavy (non-hydrogen) atoms. The summed E-state index contributed by atoms with van der Waals surface area (Å²) in [7, 11) is 8.29. The van der Waals surface area contributed by atoms with Crippen molar-refractivity contribution in [2.75, 3.05) is 98.4 Å². The summed E-state index contributed by atoms with van der Waals surface area (Å²) in [5.41, 5.74) is 8.81. The predicted molar refractivity (Wildman–Crippen MR) is 331 cm³/mol. The molecule has 9 heterocycles. The fourth-order valence-electron chi connectivity index (χ4n) is 13.6. The van der Waals surface area contributed by atoms with Crippen LogP contribution in [0.2, 0.25) is 0 Å². The van der Waals surface area contributed by atoms with E-state index in [2.05, 4.69) is 25.4 Å². The number of ether oxygens (including phenoxy) is 14. The second kappa shape index (κ2) is 34.6. The molecule has 1 aromatic rings. The Bertz CT molecular complexity index is 2320. The number of fused-ring (bicyclic) bond motifs is 2. The van der Waals surface area contributed by atoms with Gasteiger partial charge in [-0.05, 0) is 106 Å². The molecule has 18 atom stereocenters. The van der Waals surface area contributed by atoms with Crippen LogP contribution < -0.4 is 16.0 Å². The van der Waals surface area contributed by atoms with Gasteiger partial charge in [0.05, 0.1) is 136 Å². The van der Waals surface area contributed by atoms with Crippen LogP contribution in [0.15, 0.2) is 48.6 Å². The minimum atomic E-state index is -1.05. The van der Waals surface area contributed by atoms with Gasteiger partial charge in [0.1, 0.15) is 31.2 Å². The first-order valence-electron chi connectivity index (χ1n) is 31.6. The molecule has 0 saturated carbocycles. The average Bonchev–Trinajstić information content (AvgIpc) is 2.11. The Balaban J connectivity index is 0.880. The molecule has 1 aromatic carbocycles. The van der Waals surface area contributed by atoms with Crippen molar-refractivity contribution >= 4 is 45.2 Å². The molecule has 21 nitrogen and oxygen atoms in total. The van der Waals surface area contributed by atoms with Crippen molar-refractivity contribution in [2.45, 2.75) is 220 Å². The fourth-order valence-corrected chi connectivity index (χ4v) is 15.6. The Hall–Kier alpha value is -2.95. The van der Waals surface area contributed by atoms with Gasteiger partial charge in [0.2, 0.25) is 0 Å². The number of carbonyl (C=O) groups is 3. The number of rotatable bonds is 25. The highest BCUT2D eigenvalue weighted by Crippen LogP contribution is 2.44. The van der Waals surface area contributed by atoms with Gasteiger partial charge in [0.15, 0.2) is 0 Å². The average molecular weight is 1260 g/mol. The molecular weight excluding hydrogens is 1160 g/mol. The number of aliphatic hydroxyl groups is 1. The first-order chi connectivity index (χ1) is 42.0. The number of alkyl carbamates (subject to hydrolysis) is 1. The lowest BCUT2D eigenvalue weighted by Gasteiger charge is -2.47. The van der Waals surface area contributed by atoms with Crippen LogP contribution in [0.25, 0.3) is 0 Å². The van der Waals surface area contributed by atoms with Crippen LogP contribution in [-0.2, 0) is 77.7 Å². The molecule has 9 aliphatic heterocycles. The van der Waals surface area contributed by atoms with Gasteiger partial charge in [0, 0.05) is 84.5 Å². The second-order valence-corrected chi connectivity index (χ2v) is 28.2. The molecular formula is C64H101N3O18S2. The molecule has 2 amide bonds. The summed E-state index contributed by atoms with van der Waals surface area (Å²) in [6.07, 6.45) is 4.55. The molecule has 9 aliphatic rings. The van der Waals surface area contributed by atoms with Gasteiger partial charge in [-0.25, -0.2) is 9.59 Å². The number of nitrogens with one attached hydrogen (secondary N) is 1. The third-order valence-corrected chi connectivity index (χ3v) is 20.7. The number of ketones is 1. The minimum absolute atomic E-state index is 0.0218. The van der Waals surface area contributed by atoms with Crippen molar-refractivity contribution in [3.8, 4) is 0 Å². The van der Waals surface area contributed by atoms with Crippen LogP contribution in [0.3, 0.4) is 0 Å². The highest BCUT2D eigenvalue weighted by Gasteiger charge is 2.52. The maximum Gasteiger partial charge on any atom is 0.414 e. The van der Waals surface area contributed by atoms with Gasteiger partial charge in [0.25, 0.3) is 0 Å². The van der Waals surface area contributed by atoms with E-state index in [0.29, 0.717) is 76.5 Å². The zero-order valence-corrected chi connectivity index (χ0v) is 54.2. The maximum atomic E-state index is 14.5. The summed E-state index contributed by atoms with van der Waals surface area (Å²) < 4.78 is 86.9. The number of amides is 2. The van der Waals surface area contributed by atoms with E-state index in [4.69, 9.17) is 72.0 Å². The van der Waals surface area contributed by atoms with Gasteiger partial charge in [-0.2, -0.15) is 0 Å². The molecule has 0 radical (unpaired) electrons. The number of hydrogen-bond acceptors (Lipinski definition) is 21. The Morgan fingerprint density at radius 1 is 0.736 bits per heavy atom. The van der Waals surface area contributed by atoms with Crippen LogP contribution in [0, 0.1) is 11.8 Å². The number of benzene rings is 1. The van der Waals surface area contributed by atoms with E-state index in [-0.39, 0.29) is 148 Å². The monoisotopic (exact) mass is 1260 g/mol. The van der Waals surface area contributed by atoms with Gasteiger partial charge >= 0.3 is 12.2 Å². The molecule has 10 rings (SSSR count). The SMILES string of the molecule is C=C1C[C@@H]2CC[C@@H]3C[C@@H](OC)[C@H](O3)C3C[C@@H](OC)[C@H]4O[C@H](CC[C@@H]4O3)CC(=O)C[C@@H]3[C@@H](OC)[C@@H](C[C@H](O)CNC(=O)OCc4ccc(N(CCOCCOCCOCCN)C(=O)OCC(C)(C)SSC)cc4)O[C@H]3C[C@H]3O[C@@H](CC[C@@H]1O2)C[C@@H](C)C3=C. The lowest BCUT2D eigenvalue weighted by molar-refractivity contribution is -0.252. The standard InChI is InChI=1S/C64H101N3O18S2/c1-39-28-47-16-18-51-40(2)29-46(80-51)14-15-49-33-55(72-6)61(83-49)58-35-56(73-7)60-52(84-58)19-17-48(82-60)30-44(68)31-50-54(34-53(81-47)41(39)3)85-57(59(50)74-8)32-45(69)36-66-62(70)78-37-42-10-12-43(13-11-42)67(63(71)79-38-64(4,5)87-86-9)21-23-76-25-27-77-26-24-75-22-20-65/h10-13,39,45-61,69H,2-3,14-38,65H2,1,4-9H3,(H,66,70)/t39-,45+,46+,47+,48-,49-,50+,51+,52+,53-,54+,55-,56-,57-,58?,59-,60+,61+/m1/s1. The van der Waals surface area contributed by atoms with Gasteiger partial charge < -0.3 is 82.5 Å². The molecule has 0 spiro atoms. The van der Waals surface area contributed by atoms with E-state index in [0.717, 1.165) is 56.1 Å². The number of methoxy groups -OCH3 is 3. The number of Topliss-reactive ketones (excluding diaryl/α,β-unsaturated/α-hetero) is 1. The zero-order valence-electron chi connectivity index (χ0n) is 52.5. The van der Waals surface area contributed by atoms with E-state index in [1.54, 1.807) is 67.2 Å². The predicted octanol–water partition coefficient (Wildman–Crippen LogP) is 8.07. The molecule has 9 saturated heterocycles. The maximum absolute atomic E-state index is 14.5. The number of nitrogens with zero attached hydrogens (tertiary/aromatic N) is 1. The number of nitrogens with two attached hydrogens (primary N) is 1. The summed E-state index contributed by atoms with van der Waals surface area (Å²) in [5.74, 6) is -0.170. The molecule has 9 fully saturated rings. The summed E-state index contributed by atoms with van der Waals surface area (Å²) in [5, 5.41) is 14.3. The first kappa shape index (κ1) is 69.9. The van der Waals surface area contributed by atoms with E-state index < -0.39 is 36.6 Å². The van der Waals surface area contributed by atoms with E-state index >= 15 is 0 Å². The summed E-state index contributed by atoms with van der Waals surface area (Å²) >= 11 is 0. The quantitative estimate of drug-likeness (QED) is 0.0476. The molecule has 0 aliphatic carbocycles. The smallest absolute Gasteiger partial charge is 0.414 e. The van der Waals surface area contributed by atoms with Crippen LogP contribution >= 0.6 is 21.6 Å². The third-order valence-electron chi connectivity index (χ3n) is 18.1. The highest BCUT2D eigenvalue weighted by atomic mass is 33.1. The Morgan fingerprint density at radius 2 is 1.38 bits per heavy atom. The number of aliphatic hydroxyl groups excluding tert-OH is 1. The Labute approximate surface area is 523 Å². The lowest BCUT2D eigenvalue weighted by Crippen LogP contribution is -2.57. The minimum Gasteiger partial charge on any atom is -0.448 e. The summed E-state index contributed by atoms with van der Waals surface area (Å²) in [6, 6.07) is 7.06. The number of hydrogen-bond donors (Lipinski definition) is 3. The highest BCUT2D eigenvalue weighted by molar-refractivity contribution is 8.77. The van der Waals surface area contributed by atoms with Gasteiger partial charge in [-0.15, -0.1) is 0 Å². The van der Waals surface area contributed by atoms with E-state index in [1.165, 1.54) is 4.90 Å². The van der Waals surface area contributed by atoms with Gasteiger partial charge in [-0.1, -0.05) is 53.8 Å². The topological polar surface area (TPSA) is 242 Å². The van der Waals surface area contributed by atoms with Crippen molar-refractivity contribution in [1.82, 2.24) is 5.32 Å². The second-order valence-electron chi connectivity index (χ2n) is 25.1. The fraction of sp³-hybridized carbons (Fsp3) is 0.797. The van der Waals surface area contributed by atoms with Crippen LogP contribution in [-0.4, -0.2) is 219 Å². The van der Waals surface area contributed by atoms with Crippen molar-refractivity contribution < 1.29 is 85.8 Å². The molecule has 23 heteroatoms. The van der Waals surface area contributed by atoms with Gasteiger partial charge in [-0.3, -0.25) is 9.69 Å². The molecule has 10 bridgehead atoms. The number of anilines is 1. The third kappa shape index (κ3) is 20.3. The summed E-state index contributed by atoms with van der Waals surface area (Å²) in [6.45, 7) is 18.2. The lowest BCUT2D eigenvalue weighted by atomic mass is 9.81. The van der Waals surface area contributed by atoms with Crippen LogP contribution in [0.1, 0.15) is 116 Å². The van der Waals surface area contributed by atoms with Crippen molar-refractivity contribution in [3.63, 3.8) is 0 Å². The zero-order chi connectivity index (χ0) is 62.0. The molecule has 4 N–H and O–H groups in total. The van der Waals surface area contributed by atoms with Crippen LogP contribution in [0.5, 0.6) is 0 Å². The molecule has 1 unspecified atom stereocenters. The van der Waals surface area contributed by atoms with Crippen molar-refractivity contribution in [1.29, 1.82) is 0 Å².